The average Bonchev–Trinajstić information content (AvgIpc) is 3.30. The molecule has 1 amide bonds. The van der Waals surface area contributed by atoms with Crippen LogP contribution >= 0.6 is 11.3 Å². The summed E-state index contributed by atoms with van der Waals surface area (Å²) in [5.41, 5.74) is 2.83. The standard InChI is InChI=1S/C23H23FN4O3S/c1-31-22(30)17-4-8-19(9-5-17)25-21(29)14-27-10-12-28(13-11-27)23-26-20(15-32-23)16-2-6-18(24)7-3-16/h2-9,15H,10-14H2,1H3,(H,25,29)/p+1. The molecule has 0 spiro atoms. The van der Waals surface area contributed by atoms with Gasteiger partial charge in [0.05, 0.1) is 44.5 Å². The molecule has 1 aromatic heterocycles. The zero-order valence-corrected chi connectivity index (χ0v) is 18.5. The van der Waals surface area contributed by atoms with Gasteiger partial charge in [-0.3, -0.25) is 4.79 Å². The molecule has 0 radical (unpaired) electrons. The van der Waals surface area contributed by atoms with Gasteiger partial charge < -0.3 is 19.9 Å². The number of hydrogen-bond donors (Lipinski definition) is 2. The first-order chi connectivity index (χ1) is 15.5. The monoisotopic (exact) mass is 455 g/mol. The maximum absolute atomic E-state index is 13.1. The van der Waals surface area contributed by atoms with Gasteiger partial charge in [0, 0.05) is 16.6 Å². The number of nitrogens with one attached hydrogen (secondary N) is 2. The Morgan fingerprint density at radius 2 is 1.81 bits per heavy atom. The minimum Gasteiger partial charge on any atom is -0.465 e. The van der Waals surface area contributed by atoms with Gasteiger partial charge >= 0.3 is 5.97 Å². The molecule has 7 nitrogen and oxygen atoms in total. The fraction of sp³-hybridized carbons (Fsp3) is 0.261. The lowest BCUT2D eigenvalue weighted by atomic mass is 10.2. The van der Waals surface area contributed by atoms with Crippen molar-refractivity contribution in [3.8, 4) is 11.3 Å². The number of carbonyl (C=O) groups excluding carboxylic acids is 2. The summed E-state index contributed by atoms with van der Waals surface area (Å²) in [7, 11) is 1.33. The van der Waals surface area contributed by atoms with E-state index in [0.29, 0.717) is 17.8 Å². The van der Waals surface area contributed by atoms with Crippen LogP contribution in [0, 0.1) is 5.82 Å². The number of nitrogens with zero attached hydrogens (tertiary/aromatic N) is 2. The number of hydrogen-bond acceptors (Lipinski definition) is 6. The molecule has 0 atom stereocenters. The fourth-order valence-electron chi connectivity index (χ4n) is 3.59. The van der Waals surface area contributed by atoms with Crippen molar-refractivity contribution in [1.82, 2.24) is 4.98 Å². The van der Waals surface area contributed by atoms with E-state index < -0.39 is 5.97 Å². The van der Waals surface area contributed by atoms with Crippen LogP contribution in [0.1, 0.15) is 10.4 Å². The average molecular weight is 456 g/mol. The van der Waals surface area contributed by atoms with Crippen LogP contribution in [0.2, 0.25) is 0 Å². The van der Waals surface area contributed by atoms with Crippen molar-refractivity contribution in [1.29, 1.82) is 0 Å². The van der Waals surface area contributed by atoms with E-state index in [4.69, 9.17) is 4.98 Å². The SMILES string of the molecule is COC(=O)c1ccc(NC(=O)C[NH+]2CCN(c3nc(-c4ccc(F)cc4)cs3)CC2)cc1. The van der Waals surface area contributed by atoms with E-state index in [0.717, 1.165) is 42.6 Å². The summed E-state index contributed by atoms with van der Waals surface area (Å²) in [4.78, 5) is 32.0. The maximum Gasteiger partial charge on any atom is 0.337 e. The predicted octanol–water partition coefficient (Wildman–Crippen LogP) is 2.08. The number of halogens is 1. The van der Waals surface area contributed by atoms with Gasteiger partial charge in [0.1, 0.15) is 5.82 Å². The Morgan fingerprint density at radius 1 is 1.12 bits per heavy atom. The Balaban J connectivity index is 1.26. The first-order valence-corrected chi connectivity index (χ1v) is 11.2. The topological polar surface area (TPSA) is 76.0 Å². The number of amides is 1. The Kier molecular flexibility index (Phi) is 6.77. The quantitative estimate of drug-likeness (QED) is 0.557. The second kappa shape index (κ2) is 9.88. The molecule has 4 rings (SSSR count). The van der Waals surface area contributed by atoms with E-state index in [1.165, 1.54) is 24.1 Å². The molecule has 9 heteroatoms. The second-order valence-corrected chi connectivity index (χ2v) is 8.39. The van der Waals surface area contributed by atoms with Crippen molar-refractivity contribution in [3.63, 3.8) is 0 Å². The van der Waals surface area contributed by atoms with Crippen molar-refractivity contribution >= 4 is 34.0 Å². The molecular formula is C23H24FN4O3S+. The molecule has 0 saturated carbocycles. The van der Waals surface area contributed by atoms with E-state index in [9.17, 15) is 14.0 Å². The summed E-state index contributed by atoms with van der Waals surface area (Å²) in [6, 6.07) is 13.0. The molecule has 32 heavy (non-hydrogen) atoms. The predicted molar refractivity (Wildman–Crippen MR) is 122 cm³/mol. The van der Waals surface area contributed by atoms with Crippen molar-refractivity contribution in [2.75, 3.05) is 50.1 Å². The number of thiazole rings is 1. The highest BCUT2D eigenvalue weighted by Gasteiger charge is 2.24. The molecule has 1 saturated heterocycles. The third-order valence-electron chi connectivity index (χ3n) is 5.37. The summed E-state index contributed by atoms with van der Waals surface area (Å²) < 4.78 is 17.8. The smallest absolute Gasteiger partial charge is 0.337 e. The molecule has 0 aliphatic carbocycles. The van der Waals surface area contributed by atoms with Gasteiger partial charge in [0.15, 0.2) is 11.7 Å². The molecule has 1 fully saturated rings. The molecule has 0 bridgehead atoms. The number of piperazine rings is 1. The van der Waals surface area contributed by atoms with Crippen LogP contribution in [0.4, 0.5) is 15.2 Å². The largest absolute Gasteiger partial charge is 0.465 e. The fourth-order valence-corrected chi connectivity index (χ4v) is 4.48. The molecule has 1 aliphatic rings. The van der Waals surface area contributed by atoms with E-state index in [1.807, 2.05) is 5.38 Å². The number of rotatable bonds is 6. The van der Waals surface area contributed by atoms with Crippen LogP contribution in [0.15, 0.2) is 53.9 Å². The van der Waals surface area contributed by atoms with Gasteiger partial charge in [0.2, 0.25) is 0 Å². The Hall–Kier alpha value is -3.30. The maximum atomic E-state index is 13.1. The number of benzene rings is 2. The summed E-state index contributed by atoms with van der Waals surface area (Å²) in [5.74, 6) is -0.729. The first kappa shape index (κ1) is 21.9. The normalized spacial score (nSPS) is 14.2. The number of ether oxygens (including phenoxy) is 1. The highest BCUT2D eigenvalue weighted by atomic mass is 32.1. The zero-order valence-electron chi connectivity index (χ0n) is 17.6. The summed E-state index contributed by atoms with van der Waals surface area (Å²) >= 11 is 1.58. The molecule has 2 heterocycles. The minimum atomic E-state index is -0.407. The zero-order chi connectivity index (χ0) is 22.5. The molecule has 2 N–H and O–H groups in total. The number of esters is 1. The van der Waals surface area contributed by atoms with Gasteiger partial charge in [0.25, 0.3) is 5.91 Å². The van der Waals surface area contributed by atoms with Crippen LogP contribution in [-0.2, 0) is 9.53 Å². The molecule has 2 aromatic carbocycles. The van der Waals surface area contributed by atoms with Crippen molar-refractivity contribution in [3.05, 3.63) is 65.3 Å². The van der Waals surface area contributed by atoms with Crippen LogP contribution in [0.3, 0.4) is 0 Å². The van der Waals surface area contributed by atoms with Crippen molar-refractivity contribution in [2.45, 2.75) is 0 Å². The Labute approximate surface area is 189 Å². The van der Waals surface area contributed by atoms with E-state index in [2.05, 4.69) is 15.0 Å². The minimum absolute atomic E-state index is 0.0629. The highest BCUT2D eigenvalue weighted by molar-refractivity contribution is 7.14. The van der Waals surface area contributed by atoms with Gasteiger partial charge in [-0.05, 0) is 48.5 Å². The van der Waals surface area contributed by atoms with Crippen LogP contribution in [0.5, 0.6) is 0 Å². The van der Waals surface area contributed by atoms with Crippen LogP contribution in [0.25, 0.3) is 11.3 Å². The third-order valence-corrected chi connectivity index (χ3v) is 6.27. The van der Waals surface area contributed by atoms with Crippen LogP contribution < -0.4 is 15.1 Å². The summed E-state index contributed by atoms with van der Waals surface area (Å²) in [6.45, 7) is 3.67. The lowest BCUT2D eigenvalue weighted by molar-refractivity contribution is -0.892. The molecular weight excluding hydrogens is 431 g/mol. The number of aromatic nitrogens is 1. The summed E-state index contributed by atoms with van der Waals surface area (Å²) in [6.07, 6.45) is 0. The molecule has 1 aliphatic heterocycles. The van der Waals surface area contributed by atoms with Gasteiger partial charge in [-0.2, -0.15) is 0 Å². The third kappa shape index (κ3) is 5.30. The number of anilines is 2. The first-order valence-electron chi connectivity index (χ1n) is 10.3. The van der Waals surface area contributed by atoms with Gasteiger partial charge in [-0.15, -0.1) is 11.3 Å². The molecule has 3 aromatic rings. The molecule has 166 valence electrons. The Bertz CT molecular complexity index is 1080. The van der Waals surface area contributed by atoms with Gasteiger partial charge in [-0.25, -0.2) is 14.2 Å². The van der Waals surface area contributed by atoms with E-state index in [1.54, 1.807) is 47.7 Å². The van der Waals surface area contributed by atoms with E-state index >= 15 is 0 Å². The van der Waals surface area contributed by atoms with Crippen molar-refractivity contribution in [2.24, 2.45) is 0 Å². The molecule has 0 unspecified atom stereocenters. The van der Waals surface area contributed by atoms with Crippen LogP contribution in [-0.4, -0.2) is 56.7 Å². The summed E-state index contributed by atoms with van der Waals surface area (Å²) in [5, 5.41) is 5.81. The number of quaternary nitrogens is 1. The highest BCUT2D eigenvalue weighted by Crippen LogP contribution is 2.27. The van der Waals surface area contributed by atoms with Crippen molar-refractivity contribution < 1.29 is 23.6 Å². The number of carbonyl (C=O) groups is 2. The van der Waals surface area contributed by atoms with E-state index in [-0.39, 0.29) is 11.7 Å². The second-order valence-electron chi connectivity index (χ2n) is 7.55. The lowest BCUT2D eigenvalue weighted by Crippen LogP contribution is -3.15. The Morgan fingerprint density at radius 3 is 2.47 bits per heavy atom. The van der Waals surface area contributed by atoms with Gasteiger partial charge in [-0.1, -0.05) is 0 Å². The lowest BCUT2D eigenvalue weighted by Gasteiger charge is -2.31. The number of methoxy groups -OCH3 is 1.